The van der Waals surface area contributed by atoms with Gasteiger partial charge in [-0.15, -0.1) is 5.46 Å². The van der Waals surface area contributed by atoms with Crippen molar-refractivity contribution >= 4 is 24.1 Å². The number of carbonyl (C=O) groups is 1. The average molecular weight is 246 g/mol. The molecule has 1 aromatic rings. The predicted molar refractivity (Wildman–Crippen MR) is 60.0 cm³/mol. The third kappa shape index (κ3) is 3.15. The minimum atomic E-state index is -5.14. The molecule has 0 fully saturated rings. The molecule has 94 valence electrons. The van der Waals surface area contributed by atoms with E-state index in [2.05, 4.69) is 4.74 Å². The normalized spacial score (nSPS) is 11.4. The van der Waals surface area contributed by atoms with Crippen molar-refractivity contribution in [1.29, 1.82) is 0 Å². The molecule has 0 aliphatic carbocycles. The van der Waals surface area contributed by atoms with Crippen LogP contribution in [0.3, 0.4) is 0 Å². The number of carbonyl (C=O) groups excluding carboxylic acids is 1. The molecule has 0 aliphatic heterocycles. The first kappa shape index (κ1) is 13.4. The lowest BCUT2D eigenvalue weighted by Gasteiger charge is -2.21. The molecular formula is C10H12BF3NO2-. The summed E-state index contributed by atoms with van der Waals surface area (Å²) >= 11 is 0. The molecule has 2 N–H and O–H groups in total. The van der Waals surface area contributed by atoms with Gasteiger partial charge in [-0.3, -0.25) is 4.79 Å². The Hall–Kier alpha value is -1.66. The maximum Gasteiger partial charge on any atom is 0.509 e. The number of anilines is 1. The highest BCUT2D eigenvalue weighted by atomic mass is 19.4. The molecule has 0 saturated carbocycles. The third-order valence-electron chi connectivity index (χ3n) is 2.49. The number of nitrogen functional groups attached to an aromatic ring is 1. The average Bonchev–Trinajstić information content (AvgIpc) is 2.21. The van der Waals surface area contributed by atoms with E-state index in [-0.39, 0.29) is 23.2 Å². The summed E-state index contributed by atoms with van der Waals surface area (Å²) in [7, 11) is 1.18. The van der Waals surface area contributed by atoms with Crippen molar-refractivity contribution in [1.82, 2.24) is 0 Å². The van der Waals surface area contributed by atoms with Crippen LogP contribution in [-0.2, 0) is 16.0 Å². The maximum absolute atomic E-state index is 12.7. The number of hydrogen-bond acceptors (Lipinski definition) is 3. The van der Waals surface area contributed by atoms with Gasteiger partial charge in [-0.1, -0.05) is 11.6 Å². The quantitative estimate of drug-likeness (QED) is 0.497. The van der Waals surface area contributed by atoms with Gasteiger partial charge in [0.05, 0.1) is 13.5 Å². The summed E-state index contributed by atoms with van der Waals surface area (Å²) in [4.78, 5) is 11.1. The highest BCUT2D eigenvalue weighted by Gasteiger charge is 2.28. The van der Waals surface area contributed by atoms with E-state index in [4.69, 9.17) is 5.73 Å². The fraction of sp³-hybridized carbons (Fsp3) is 0.300. The van der Waals surface area contributed by atoms with E-state index in [9.17, 15) is 17.7 Å². The van der Waals surface area contributed by atoms with Crippen molar-refractivity contribution < 1.29 is 22.5 Å². The Labute approximate surface area is 96.8 Å². The number of halogens is 3. The smallest absolute Gasteiger partial charge is 0.469 e. The Morgan fingerprint density at radius 2 is 2.00 bits per heavy atom. The van der Waals surface area contributed by atoms with Crippen LogP contribution in [0, 0.1) is 6.92 Å². The lowest BCUT2D eigenvalue weighted by Crippen LogP contribution is -2.37. The fourth-order valence-corrected chi connectivity index (χ4v) is 1.58. The van der Waals surface area contributed by atoms with Gasteiger partial charge >= 0.3 is 12.9 Å². The van der Waals surface area contributed by atoms with Crippen LogP contribution >= 0.6 is 0 Å². The molecule has 0 spiro atoms. The van der Waals surface area contributed by atoms with E-state index >= 15 is 0 Å². The van der Waals surface area contributed by atoms with Crippen molar-refractivity contribution in [2.75, 3.05) is 12.8 Å². The van der Waals surface area contributed by atoms with Crippen LogP contribution < -0.4 is 11.2 Å². The summed E-state index contributed by atoms with van der Waals surface area (Å²) < 4.78 is 42.6. The first-order valence-corrected chi connectivity index (χ1v) is 4.91. The molecule has 0 unspecified atom stereocenters. The Morgan fingerprint density at radius 3 is 2.47 bits per heavy atom. The van der Waals surface area contributed by atoms with Gasteiger partial charge in [0.2, 0.25) is 0 Å². The maximum atomic E-state index is 12.7. The zero-order valence-electron chi connectivity index (χ0n) is 9.47. The number of rotatable bonds is 3. The summed E-state index contributed by atoms with van der Waals surface area (Å²) in [6, 6.07) is 2.24. The van der Waals surface area contributed by atoms with Crippen LogP contribution in [0.2, 0.25) is 0 Å². The summed E-state index contributed by atoms with van der Waals surface area (Å²) in [6.07, 6.45) is -0.216. The lowest BCUT2D eigenvalue weighted by molar-refractivity contribution is -0.139. The molecule has 17 heavy (non-hydrogen) atoms. The zero-order chi connectivity index (χ0) is 13.2. The molecule has 3 nitrogen and oxygen atoms in total. The molecule has 0 aromatic heterocycles. The molecule has 0 atom stereocenters. The topological polar surface area (TPSA) is 52.3 Å². The Balaban J connectivity index is 3.24. The van der Waals surface area contributed by atoms with Gasteiger partial charge in [-0.2, -0.15) is 0 Å². The van der Waals surface area contributed by atoms with Crippen LogP contribution in [-0.4, -0.2) is 20.1 Å². The van der Waals surface area contributed by atoms with E-state index in [1.165, 1.54) is 20.1 Å². The van der Waals surface area contributed by atoms with Crippen LogP contribution in [0.5, 0.6) is 0 Å². The fourth-order valence-electron chi connectivity index (χ4n) is 1.58. The first-order valence-electron chi connectivity index (χ1n) is 4.91. The standard InChI is InChI=1S/C10H12BF3NO2/c1-6-7(4-10(16)17-2)3-8(15)5-9(6)11(12,13)14/h3,5H,4,15H2,1-2H3/q-1. The summed E-state index contributed by atoms with van der Waals surface area (Å²) in [5.74, 6) is -0.598. The largest absolute Gasteiger partial charge is 0.509 e. The molecule has 1 aromatic carbocycles. The second-order valence-corrected chi connectivity index (χ2v) is 3.72. The monoisotopic (exact) mass is 246 g/mol. The van der Waals surface area contributed by atoms with Gasteiger partial charge < -0.3 is 23.4 Å². The minimum absolute atomic E-state index is 0.0105. The molecule has 0 saturated heterocycles. The van der Waals surface area contributed by atoms with Crippen LogP contribution in [0.15, 0.2) is 12.1 Å². The van der Waals surface area contributed by atoms with Gasteiger partial charge in [-0.05, 0) is 18.6 Å². The predicted octanol–water partition coefficient (Wildman–Crippen LogP) is 1.35. The van der Waals surface area contributed by atoms with Crippen LogP contribution in [0.1, 0.15) is 11.1 Å². The second-order valence-electron chi connectivity index (χ2n) is 3.72. The summed E-state index contributed by atoms with van der Waals surface area (Å²) in [5.41, 5.74) is 4.90. The highest BCUT2D eigenvalue weighted by Crippen LogP contribution is 2.19. The molecule has 1 rings (SSSR count). The van der Waals surface area contributed by atoms with E-state index in [1.54, 1.807) is 0 Å². The SMILES string of the molecule is COC(=O)Cc1cc(N)cc([B-](F)(F)F)c1C. The third-order valence-corrected chi connectivity index (χ3v) is 2.49. The van der Waals surface area contributed by atoms with Gasteiger partial charge in [0, 0.05) is 5.69 Å². The van der Waals surface area contributed by atoms with E-state index in [0.717, 1.165) is 6.07 Å². The van der Waals surface area contributed by atoms with Gasteiger partial charge in [-0.25, -0.2) is 0 Å². The summed E-state index contributed by atoms with van der Waals surface area (Å²) in [6.45, 7) is -3.81. The van der Waals surface area contributed by atoms with E-state index < -0.39 is 18.4 Å². The molecule has 0 amide bonds. The van der Waals surface area contributed by atoms with Gasteiger partial charge in [0.1, 0.15) is 0 Å². The van der Waals surface area contributed by atoms with E-state index in [1.807, 2.05) is 0 Å². The number of benzene rings is 1. The van der Waals surface area contributed by atoms with Crippen molar-refractivity contribution in [3.63, 3.8) is 0 Å². The number of methoxy groups -OCH3 is 1. The Bertz CT molecular complexity index is 446. The Morgan fingerprint density at radius 1 is 1.41 bits per heavy atom. The molecule has 0 radical (unpaired) electrons. The molecule has 0 aliphatic rings. The molecular weight excluding hydrogens is 234 g/mol. The van der Waals surface area contributed by atoms with Crippen molar-refractivity contribution in [2.45, 2.75) is 13.3 Å². The molecule has 0 heterocycles. The van der Waals surface area contributed by atoms with Crippen LogP contribution in [0.4, 0.5) is 18.6 Å². The van der Waals surface area contributed by atoms with E-state index in [0.29, 0.717) is 0 Å². The van der Waals surface area contributed by atoms with Gasteiger partial charge in [0.15, 0.2) is 0 Å². The van der Waals surface area contributed by atoms with Crippen molar-refractivity contribution in [3.05, 3.63) is 23.3 Å². The number of hydrogen-bond donors (Lipinski definition) is 1. The lowest BCUT2D eigenvalue weighted by atomic mass is 9.75. The van der Waals surface area contributed by atoms with Crippen molar-refractivity contribution in [3.8, 4) is 0 Å². The zero-order valence-corrected chi connectivity index (χ0v) is 9.47. The first-order chi connectivity index (χ1) is 7.75. The number of nitrogens with two attached hydrogens (primary N) is 1. The molecule has 7 heteroatoms. The van der Waals surface area contributed by atoms with Gasteiger partial charge in [0.25, 0.3) is 0 Å². The van der Waals surface area contributed by atoms with Crippen molar-refractivity contribution in [2.24, 2.45) is 0 Å². The number of ether oxygens (including phenoxy) is 1. The minimum Gasteiger partial charge on any atom is -0.469 e. The highest BCUT2D eigenvalue weighted by molar-refractivity contribution is 6.74. The molecule has 0 bridgehead atoms. The summed E-state index contributed by atoms with van der Waals surface area (Å²) in [5, 5.41) is 0. The second kappa shape index (κ2) is 4.69. The van der Waals surface area contributed by atoms with Crippen LogP contribution in [0.25, 0.3) is 0 Å². The number of esters is 1. The Kier molecular flexibility index (Phi) is 3.70.